The van der Waals surface area contributed by atoms with Gasteiger partial charge in [-0.3, -0.25) is 0 Å². The van der Waals surface area contributed by atoms with E-state index in [-0.39, 0.29) is 6.03 Å². The predicted octanol–water partition coefficient (Wildman–Crippen LogP) is 5.77. The van der Waals surface area contributed by atoms with Gasteiger partial charge in [0.05, 0.1) is 7.11 Å². The molecule has 0 aliphatic heterocycles. The Morgan fingerprint density at radius 3 is 2.45 bits per heavy atom. The third kappa shape index (κ3) is 7.20. The largest absolute Gasteiger partial charge is 0.493 e. The molecule has 0 radical (unpaired) electrons. The molecule has 1 aliphatic carbocycles. The van der Waals surface area contributed by atoms with Gasteiger partial charge in [0.25, 0.3) is 0 Å². The van der Waals surface area contributed by atoms with E-state index in [1.807, 2.05) is 53.4 Å². The lowest BCUT2D eigenvalue weighted by atomic mass is 9.96. The van der Waals surface area contributed by atoms with Gasteiger partial charge in [0.1, 0.15) is 6.61 Å². The maximum absolute atomic E-state index is 13.0. The summed E-state index contributed by atoms with van der Waals surface area (Å²) < 4.78 is 11.5. The average molecular weight is 425 g/mol. The van der Waals surface area contributed by atoms with Gasteiger partial charge >= 0.3 is 6.03 Å². The lowest BCUT2D eigenvalue weighted by molar-refractivity contribution is 0.180. The van der Waals surface area contributed by atoms with Gasteiger partial charge in [-0.15, -0.1) is 0 Å². The summed E-state index contributed by atoms with van der Waals surface area (Å²) in [5.74, 6) is 1.79. The first-order valence-corrected chi connectivity index (χ1v) is 11.4. The zero-order chi connectivity index (χ0) is 22.1. The van der Waals surface area contributed by atoms with Crippen molar-refractivity contribution in [3.05, 3.63) is 59.7 Å². The number of methoxy groups -OCH3 is 1. The van der Waals surface area contributed by atoms with Gasteiger partial charge in [0.2, 0.25) is 0 Å². The number of carbonyl (C=O) groups excluding carboxylic acids is 1. The standard InChI is InChI=1S/C26H36N2O3/c1-20(2)17-28(26(29)27-23-12-8-5-9-13-23)18-22-14-15-24(25(16-22)30-3)31-19-21-10-6-4-7-11-21/h4,6-7,10-11,14-16,20,23H,5,8-9,12-13,17-19H2,1-3H3,(H,27,29). The molecular weight excluding hydrogens is 388 g/mol. The topological polar surface area (TPSA) is 50.8 Å². The Labute approximate surface area is 186 Å². The van der Waals surface area contributed by atoms with Gasteiger partial charge < -0.3 is 19.7 Å². The molecule has 168 valence electrons. The van der Waals surface area contributed by atoms with Crippen LogP contribution in [0.3, 0.4) is 0 Å². The number of nitrogens with one attached hydrogen (secondary N) is 1. The van der Waals surface area contributed by atoms with Crippen LogP contribution in [0.5, 0.6) is 11.5 Å². The van der Waals surface area contributed by atoms with Crippen LogP contribution in [0.2, 0.25) is 0 Å². The summed E-state index contributed by atoms with van der Waals surface area (Å²) >= 11 is 0. The highest BCUT2D eigenvalue weighted by Crippen LogP contribution is 2.29. The number of rotatable bonds is 9. The van der Waals surface area contributed by atoms with Crippen molar-refractivity contribution in [2.75, 3.05) is 13.7 Å². The number of benzene rings is 2. The van der Waals surface area contributed by atoms with Crippen LogP contribution >= 0.6 is 0 Å². The maximum Gasteiger partial charge on any atom is 0.317 e. The Bertz CT molecular complexity index is 817. The molecule has 3 rings (SSSR count). The van der Waals surface area contributed by atoms with Crippen LogP contribution < -0.4 is 14.8 Å². The van der Waals surface area contributed by atoms with Crippen LogP contribution in [-0.2, 0) is 13.2 Å². The van der Waals surface area contributed by atoms with E-state index >= 15 is 0 Å². The summed E-state index contributed by atoms with van der Waals surface area (Å²) in [6.45, 7) is 6.03. The van der Waals surface area contributed by atoms with E-state index in [1.54, 1.807) is 7.11 Å². The fourth-order valence-electron chi connectivity index (χ4n) is 4.06. The third-order valence-electron chi connectivity index (χ3n) is 5.64. The molecule has 0 spiro atoms. The van der Waals surface area contributed by atoms with Crippen molar-refractivity contribution < 1.29 is 14.3 Å². The minimum atomic E-state index is 0.0315. The number of nitrogens with zero attached hydrogens (tertiary/aromatic N) is 1. The maximum atomic E-state index is 13.0. The van der Waals surface area contributed by atoms with Gasteiger partial charge in [-0.1, -0.05) is 69.5 Å². The third-order valence-corrected chi connectivity index (χ3v) is 5.64. The van der Waals surface area contributed by atoms with Gasteiger partial charge in [-0.05, 0) is 42.0 Å². The molecule has 1 N–H and O–H groups in total. The molecule has 31 heavy (non-hydrogen) atoms. The molecule has 5 heteroatoms. The van der Waals surface area contributed by atoms with Crippen LogP contribution in [0.1, 0.15) is 57.1 Å². The molecule has 0 heterocycles. The highest BCUT2D eigenvalue weighted by molar-refractivity contribution is 5.74. The van der Waals surface area contributed by atoms with Crippen LogP contribution in [0.15, 0.2) is 48.5 Å². The Morgan fingerprint density at radius 1 is 1.03 bits per heavy atom. The van der Waals surface area contributed by atoms with Gasteiger partial charge in [-0.2, -0.15) is 0 Å². The highest BCUT2D eigenvalue weighted by atomic mass is 16.5. The number of ether oxygens (including phenoxy) is 2. The predicted molar refractivity (Wildman–Crippen MR) is 124 cm³/mol. The van der Waals surface area contributed by atoms with E-state index in [0.717, 1.165) is 24.0 Å². The lowest BCUT2D eigenvalue weighted by Gasteiger charge is -2.29. The van der Waals surface area contributed by atoms with Crippen molar-refractivity contribution in [2.45, 2.75) is 65.1 Å². The number of hydrogen-bond donors (Lipinski definition) is 1. The van der Waals surface area contributed by atoms with Gasteiger partial charge in [0.15, 0.2) is 11.5 Å². The number of urea groups is 1. The van der Waals surface area contributed by atoms with Crippen LogP contribution in [0.25, 0.3) is 0 Å². The van der Waals surface area contributed by atoms with Crippen molar-refractivity contribution in [1.82, 2.24) is 10.2 Å². The summed E-state index contributed by atoms with van der Waals surface area (Å²) in [7, 11) is 1.65. The Hall–Kier alpha value is -2.69. The van der Waals surface area contributed by atoms with Crippen molar-refractivity contribution in [2.24, 2.45) is 5.92 Å². The molecule has 0 aromatic heterocycles. The quantitative estimate of drug-likeness (QED) is 0.555. The number of carbonyl (C=O) groups is 1. The zero-order valence-corrected chi connectivity index (χ0v) is 19.1. The van der Waals surface area contributed by atoms with Gasteiger partial charge in [-0.25, -0.2) is 4.79 Å². The highest BCUT2D eigenvalue weighted by Gasteiger charge is 2.21. The van der Waals surface area contributed by atoms with E-state index in [1.165, 1.54) is 19.3 Å². The van der Waals surface area contributed by atoms with Crippen molar-refractivity contribution >= 4 is 6.03 Å². The molecule has 2 aromatic carbocycles. The Balaban J connectivity index is 1.66. The molecule has 0 unspecified atom stereocenters. The minimum Gasteiger partial charge on any atom is -0.493 e. The lowest BCUT2D eigenvalue weighted by Crippen LogP contribution is -2.46. The summed E-state index contributed by atoms with van der Waals surface area (Å²) in [6, 6.07) is 16.3. The fourth-order valence-corrected chi connectivity index (χ4v) is 4.06. The monoisotopic (exact) mass is 424 g/mol. The second-order valence-electron chi connectivity index (χ2n) is 8.82. The zero-order valence-electron chi connectivity index (χ0n) is 19.1. The van der Waals surface area contributed by atoms with E-state index in [2.05, 4.69) is 19.2 Å². The fraction of sp³-hybridized carbons (Fsp3) is 0.500. The van der Waals surface area contributed by atoms with Crippen LogP contribution in [0.4, 0.5) is 4.79 Å². The van der Waals surface area contributed by atoms with E-state index in [4.69, 9.17) is 9.47 Å². The average Bonchev–Trinajstić information content (AvgIpc) is 2.78. The van der Waals surface area contributed by atoms with Crippen molar-refractivity contribution in [1.29, 1.82) is 0 Å². The second kappa shape index (κ2) is 11.6. The van der Waals surface area contributed by atoms with E-state index in [0.29, 0.717) is 43.2 Å². The Morgan fingerprint density at radius 2 is 1.77 bits per heavy atom. The molecule has 0 bridgehead atoms. The SMILES string of the molecule is COc1cc(CN(CC(C)C)C(=O)NC2CCCCC2)ccc1OCc1ccccc1. The number of amides is 2. The first-order valence-electron chi connectivity index (χ1n) is 11.4. The normalized spacial score (nSPS) is 14.3. The molecule has 1 fully saturated rings. The molecule has 2 aromatic rings. The Kier molecular flexibility index (Phi) is 8.63. The van der Waals surface area contributed by atoms with Gasteiger partial charge in [0, 0.05) is 19.1 Å². The van der Waals surface area contributed by atoms with Crippen molar-refractivity contribution in [3.8, 4) is 11.5 Å². The molecule has 0 saturated heterocycles. The second-order valence-corrected chi connectivity index (χ2v) is 8.82. The van der Waals surface area contributed by atoms with Crippen LogP contribution in [0, 0.1) is 5.92 Å². The first-order chi connectivity index (χ1) is 15.0. The molecular formula is C26H36N2O3. The van der Waals surface area contributed by atoms with E-state index in [9.17, 15) is 4.79 Å². The molecule has 2 amide bonds. The van der Waals surface area contributed by atoms with E-state index < -0.39 is 0 Å². The smallest absolute Gasteiger partial charge is 0.317 e. The number of hydrogen-bond acceptors (Lipinski definition) is 3. The summed E-state index contributed by atoms with van der Waals surface area (Å²) in [5, 5.41) is 3.25. The van der Waals surface area contributed by atoms with Crippen molar-refractivity contribution in [3.63, 3.8) is 0 Å². The summed E-state index contributed by atoms with van der Waals surface area (Å²) in [4.78, 5) is 14.9. The first kappa shape index (κ1) is 23.0. The minimum absolute atomic E-state index is 0.0315. The summed E-state index contributed by atoms with van der Waals surface area (Å²) in [6.07, 6.45) is 5.86. The molecule has 1 saturated carbocycles. The van der Waals surface area contributed by atoms with Crippen LogP contribution in [-0.4, -0.2) is 30.6 Å². The molecule has 0 atom stereocenters. The summed E-state index contributed by atoms with van der Waals surface area (Å²) in [5.41, 5.74) is 2.14. The molecule has 5 nitrogen and oxygen atoms in total. The molecule has 1 aliphatic rings.